The number of amides is 1. The van der Waals surface area contributed by atoms with Crippen LogP contribution in [-0.4, -0.2) is 110 Å². The first-order chi connectivity index (χ1) is 29.2. The molecule has 1 heterocycles. The van der Waals surface area contributed by atoms with Gasteiger partial charge in [-0.25, -0.2) is 0 Å². The lowest BCUT2D eigenvalue weighted by Gasteiger charge is -2.40. The molecule has 8 N–H and O–H groups in total. The van der Waals surface area contributed by atoms with Crippen molar-refractivity contribution in [1.29, 1.82) is 0 Å². The maximum Gasteiger partial charge on any atom is 0.249 e. The van der Waals surface area contributed by atoms with Gasteiger partial charge in [-0.2, -0.15) is 0 Å². The number of rotatable bonds is 42. The van der Waals surface area contributed by atoms with Crippen LogP contribution in [0.4, 0.5) is 0 Å². The van der Waals surface area contributed by atoms with E-state index >= 15 is 0 Å². The summed E-state index contributed by atoms with van der Waals surface area (Å²) in [5, 5.41) is 75.7. The van der Waals surface area contributed by atoms with Crippen molar-refractivity contribution in [3.63, 3.8) is 0 Å². The van der Waals surface area contributed by atoms with E-state index in [1.165, 1.54) is 135 Å². The maximum absolute atomic E-state index is 13.0. The molecule has 11 heteroatoms. The zero-order valence-corrected chi connectivity index (χ0v) is 38.5. The van der Waals surface area contributed by atoms with Crippen molar-refractivity contribution in [2.75, 3.05) is 13.2 Å². The van der Waals surface area contributed by atoms with E-state index in [1.54, 1.807) is 0 Å². The highest BCUT2D eigenvalue weighted by molar-refractivity contribution is 5.80. The molecule has 1 aliphatic heterocycles. The number of hydrogen-bond acceptors (Lipinski definition) is 10. The van der Waals surface area contributed by atoms with Crippen molar-refractivity contribution < 1.29 is 50.0 Å². The summed E-state index contributed by atoms with van der Waals surface area (Å²) in [7, 11) is 0. The van der Waals surface area contributed by atoms with Crippen molar-refractivity contribution in [1.82, 2.24) is 5.32 Å². The first-order valence-electron chi connectivity index (χ1n) is 25.1. The Hall–Kier alpha value is -1.15. The molecule has 0 aromatic heterocycles. The molecule has 1 aliphatic rings. The van der Waals surface area contributed by atoms with Crippen LogP contribution in [0.15, 0.2) is 12.2 Å². The molecule has 0 bridgehead atoms. The molecule has 11 nitrogen and oxygen atoms in total. The summed E-state index contributed by atoms with van der Waals surface area (Å²) in [6.07, 6.45) is 31.4. The first-order valence-corrected chi connectivity index (χ1v) is 25.1. The van der Waals surface area contributed by atoms with E-state index in [2.05, 4.69) is 31.3 Å². The van der Waals surface area contributed by atoms with Crippen molar-refractivity contribution in [2.45, 2.75) is 281 Å². The lowest BCUT2D eigenvalue weighted by molar-refractivity contribution is -0.303. The van der Waals surface area contributed by atoms with Gasteiger partial charge >= 0.3 is 0 Å². The number of nitrogens with one attached hydrogen (secondary N) is 1. The maximum atomic E-state index is 13.0. The molecule has 0 radical (unpaired) electrons. The SMILES string of the molecule is CCCC/C=C\CCCCCCC(O)C(=O)NC(COC1OC(CO)C(O)C(O)C1O)C(O)C(O)CCCCCCCCCCCCCCCCCCCCCCCCC. The molecule has 1 rings (SSSR count). The van der Waals surface area contributed by atoms with Gasteiger partial charge in [0, 0.05) is 0 Å². The van der Waals surface area contributed by atoms with Crippen molar-refractivity contribution >= 4 is 5.91 Å². The molecule has 0 saturated carbocycles. The normalized spacial score (nSPS) is 21.6. The molecule has 0 aromatic rings. The third-order valence-electron chi connectivity index (χ3n) is 12.3. The second-order valence-electron chi connectivity index (χ2n) is 17.9. The summed E-state index contributed by atoms with van der Waals surface area (Å²) < 4.78 is 11.1. The third kappa shape index (κ3) is 28.5. The number of hydrogen-bond donors (Lipinski definition) is 8. The summed E-state index contributed by atoms with van der Waals surface area (Å²) >= 11 is 0. The van der Waals surface area contributed by atoms with Gasteiger partial charge < -0.3 is 50.5 Å². The predicted octanol–water partition coefficient (Wildman–Crippen LogP) is 8.84. The van der Waals surface area contributed by atoms with Crippen molar-refractivity contribution in [2.24, 2.45) is 0 Å². The molecular weight excluding hydrogens is 763 g/mol. The second-order valence-corrected chi connectivity index (χ2v) is 17.9. The average Bonchev–Trinajstić information content (AvgIpc) is 3.25. The highest BCUT2D eigenvalue weighted by Crippen LogP contribution is 2.23. The molecule has 0 spiro atoms. The highest BCUT2D eigenvalue weighted by Gasteiger charge is 2.44. The number of unbranched alkanes of at least 4 members (excludes halogenated alkanes) is 28. The zero-order chi connectivity index (χ0) is 44.1. The standard InChI is InChI=1S/C49H95NO10/c1-3-5-7-9-11-13-15-16-17-18-19-20-21-22-23-24-25-26-27-29-30-32-34-36-41(52)44(54)40(39-59-49-47(57)46(56)45(55)43(38-51)60-49)50-48(58)42(53)37-35-33-31-28-14-12-10-8-6-4-2/h10,12,40-47,49,51-57H,3-9,11,13-39H2,1-2H3,(H,50,58)/b12-10-. The lowest BCUT2D eigenvalue weighted by atomic mass is 9.98. The predicted molar refractivity (Wildman–Crippen MR) is 243 cm³/mol. The summed E-state index contributed by atoms with van der Waals surface area (Å²) in [6.45, 7) is 3.40. The number of carbonyl (C=O) groups excluding carboxylic acids is 1. The van der Waals surface area contributed by atoms with Crippen LogP contribution in [0.5, 0.6) is 0 Å². The van der Waals surface area contributed by atoms with Gasteiger partial charge in [0.2, 0.25) is 5.91 Å². The summed E-state index contributed by atoms with van der Waals surface area (Å²) in [4.78, 5) is 13.0. The number of aliphatic hydroxyl groups is 7. The van der Waals surface area contributed by atoms with Crippen LogP contribution in [0.3, 0.4) is 0 Å². The molecule has 356 valence electrons. The molecule has 1 amide bonds. The minimum absolute atomic E-state index is 0.247. The van der Waals surface area contributed by atoms with Crippen LogP contribution in [0.2, 0.25) is 0 Å². The summed E-state index contributed by atoms with van der Waals surface area (Å²) in [5.74, 6) is -0.706. The Morgan fingerprint density at radius 2 is 0.983 bits per heavy atom. The van der Waals surface area contributed by atoms with Crippen LogP contribution >= 0.6 is 0 Å². The van der Waals surface area contributed by atoms with Gasteiger partial charge in [0.05, 0.1) is 25.4 Å². The molecule has 60 heavy (non-hydrogen) atoms. The van der Waals surface area contributed by atoms with Gasteiger partial charge in [-0.05, 0) is 32.1 Å². The van der Waals surface area contributed by atoms with E-state index in [-0.39, 0.29) is 6.42 Å². The first kappa shape index (κ1) is 56.9. The van der Waals surface area contributed by atoms with Gasteiger partial charge in [0.15, 0.2) is 6.29 Å². The van der Waals surface area contributed by atoms with Gasteiger partial charge in [-0.15, -0.1) is 0 Å². The second kappa shape index (κ2) is 39.4. The number of carbonyl (C=O) groups is 1. The Labute approximate surface area is 366 Å². The Morgan fingerprint density at radius 3 is 1.45 bits per heavy atom. The van der Waals surface area contributed by atoms with Crippen LogP contribution in [-0.2, 0) is 14.3 Å². The Morgan fingerprint density at radius 1 is 0.567 bits per heavy atom. The molecule has 1 fully saturated rings. The number of allylic oxidation sites excluding steroid dienone is 2. The number of aliphatic hydroxyl groups excluding tert-OH is 7. The summed E-state index contributed by atoms with van der Waals surface area (Å²) in [5.41, 5.74) is 0. The Bertz CT molecular complexity index is 986. The molecular formula is C49H95NO10. The number of ether oxygens (including phenoxy) is 2. The van der Waals surface area contributed by atoms with E-state index in [0.29, 0.717) is 19.3 Å². The minimum Gasteiger partial charge on any atom is -0.394 e. The van der Waals surface area contributed by atoms with Crippen LogP contribution in [0.1, 0.15) is 226 Å². The van der Waals surface area contributed by atoms with Gasteiger partial charge in [0.25, 0.3) is 0 Å². The lowest BCUT2D eigenvalue weighted by Crippen LogP contribution is -2.60. The quantitative estimate of drug-likeness (QED) is 0.0218. The summed E-state index contributed by atoms with van der Waals surface area (Å²) in [6, 6.07) is -1.17. The average molecular weight is 858 g/mol. The van der Waals surface area contributed by atoms with Gasteiger partial charge in [0.1, 0.15) is 36.6 Å². The van der Waals surface area contributed by atoms with Crippen LogP contribution in [0, 0.1) is 0 Å². The largest absolute Gasteiger partial charge is 0.394 e. The Kier molecular flexibility index (Phi) is 37.4. The minimum atomic E-state index is -1.66. The van der Waals surface area contributed by atoms with Crippen LogP contribution < -0.4 is 5.32 Å². The van der Waals surface area contributed by atoms with E-state index in [9.17, 15) is 40.5 Å². The van der Waals surface area contributed by atoms with E-state index in [1.807, 2.05) is 0 Å². The highest BCUT2D eigenvalue weighted by atomic mass is 16.7. The third-order valence-corrected chi connectivity index (χ3v) is 12.3. The zero-order valence-electron chi connectivity index (χ0n) is 38.5. The van der Waals surface area contributed by atoms with E-state index in [4.69, 9.17) is 9.47 Å². The van der Waals surface area contributed by atoms with Crippen LogP contribution in [0.25, 0.3) is 0 Å². The molecule has 9 unspecified atom stereocenters. The smallest absolute Gasteiger partial charge is 0.249 e. The molecule has 0 aromatic carbocycles. The fourth-order valence-corrected chi connectivity index (χ4v) is 8.13. The fraction of sp³-hybridized carbons (Fsp3) is 0.939. The van der Waals surface area contributed by atoms with E-state index < -0.39 is 74.2 Å². The Balaban J connectivity index is 2.33. The monoisotopic (exact) mass is 858 g/mol. The van der Waals surface area contributed by atoms with Crippen molar-refractivity contribution in [3.05, 3.63) is 12.2 Å². The molecule has 1 saturated heterocycles. The van der Waals surface area contributed by atoms with Gasteiger partial charge in [-0.3, -0.25) is 4.79 Å². The fourth-order valence-electron chi connectivity index (χ4n) is 8.13. The van der Waals surface area contributed by atoms with E-state index in [0.717, 1.165) is 51.4 Å². The van der Waals surface area contributed by atoms with Gasteiger partial charge in [-0.1, -0.05) is 206 Å². The molecule has 9 atom stereocenters. The molecule has 0 aliphatic carbocycles. The van der Waals surface area contributed by atoms with Crippen molar-refractivity contribution in [3.8, 4) is 0 Å². The topological polar surface area (TPSA) is 189 Å².